The smallest absolute Gasteiger partial charge is 0.337 e. The number of ether oxygens (including phenoxy) is 1. The van der Waals surface area contributed by atoms with Gasteiger partial charge in [0.2, 0.25) is 10.0 Å². The molecule has 2 rings (SSSR count). The highest BCUT2D eigenvalue weighted by molar-refractivity contribution is 7.89. The molecule has 0 atom stereocenters. The SMILES string of the molecule is C=CCN(Cc1ccc(Cl)s1)S(=O)(=O)c1ccc(C(=O)OC)cc1. The molecular weight excluding hydrogens is 370 g/mol. The number of nitrogens with zero attached hydrogens (tertiary/aromatic N) is 1. The van der Waals surface area contributed by atoms with Crippen molar-refractivity contribution in [2.24, 2.45) is 0 Å². The minimum absolute atomic E-state index is 0.0969. The molecule has 1 heterocycles. The molecule has 0 N–H and O–H groups in total. The van der Waals surface area contributed by atoms with E-state index in [2.05, 4.69) is 11.3 Å². The van der Waals surface area contributed by atoms with Crippen LogP contribution in [0.15, 0.2) is 53.9 Å². The quantitative estimate of drug-likeness (QED) is 0.540. The summed E-state index contributed by atoms with van der Waals surface area (Å²) >= 11 is 7.23. The van der Waals surface area contributed by atoms with E-state index in [4.69, 9.17) is 11.6 Å². The predicted molar refractivity (Wildman–Crippen MR) is 94.9 cm³/mol. The molecule has 0 aliphatic rings. The zero-order valence-electron chi connectivity index (χ0n) is 12.9. The highest BCUT2D eigenvalue weighted by Gasteiger charge is 2.24. The normalized spacial score (nSPS) is 11.5. The van der Waals surface area contributed by atoms with Gasteiger partial charge in [0.15, 0.2) is 0 Å². The van der Waals surface area contributed by atoms with Crippen molar-refractivity contribution in [3.05, 3.63) is 63.8 Å². The van der Waals surface area contributed by atoms with Crippen LogP contribution in [0.3, 0.4) is 0 Å². The molecule has 0 amide bonds. The highest BCUT2D eigenvalue weighted by atomic mass is 35.5. The van der Waals surface area contributed by atoms with Gasteiger partial charge in [-0.1, -0.05) is 17.7 Å². The highest BCUT2D eigenvalue weighted by Crippen LogP contribution is 2.25. The number of carbonyl (C=O) groups is 1. The van der Waals surface area contributed by atoms with Gasteiger partial charge in [0.25, 0.3) is 0 Å². The number of methoxy groups -OCH3 is 1. The summed E-state index contributed by atoms with van der Waals surface area (Å²) in [5.74, 6) is -0.518. The fourth-order valence-electron chi connectivity index (χ4n) is 2.03. The molecule has 0 radical (unpaired) electrons. The third-order valence-corrected chi connectivity index (χ3v) is 6.25. The van der Waals surface area contributed by atoms with E-state index in [-0.39, 0.29) is 23.5 Å². The molecule has 0 aliphatic carbocycles. The number of thiophene rings is 1. The van der Waals surface area contributed by atoms with Crippen molar-refractivity contribution < 1.29 is 17.9 Å². The molecule has 24 heavy (non-hydrogen) atoms. The fourth-order valence-corrected chi connectivity index (χ4v) is 4.61. The maximum Gasteiger partial charge on any atom is 0.337 e. The van der Waals surface area contributed by atoms with Crippen LogP contribution in [0.1, 0.15) is 15.2 Å². The van der Waals surface area contributed by atoms with Gasteiger partial charge in [0.05, 0.1) is 21.9 Å². The third-order valence-electron chi connectivity index (χ3n) is 3.21. The van der Waals surface area contributed by atoms with Crippen LogP contribution < -0.4 is 0 Å². The number of carbonyl (C=O) groups excluding carboxylic acids is 1. The average molecular weight is 386 g/mol. The summed E-state index contributed by atoms with van der Waals surface area (Å²) in [5.41, 5.74) is 0.289. The maximum atomic E-state index is 12.8. The second-order valence-corrected chi connectivity index (χ2v) is 8.55. The van der Waals surface area contributed by atoms with Gasteiger partial charge in [-0.2, -0.15) is 4.31 Å². The Hall–Kier alpha value is -1.67. The van der Waals surface area contributed by atoms with Gasteiger partial charge in [-0.25, -0.2) is 13.2 Å². The van der Waals surface area contributed by atoms with Crippen LogP contribution in [0.2, 0.25) is 4.34 Å². The Morgan fingerprint density at radius 1 is 1.29 bits per heavy atom. The summed E-state index contributed by atoms with van der Waals surface area (Å²) in [5, 5.41) is 0. The first-order chi connectivity index (χ1) is 11.4. The van der Waals surface area contributed by atoms with Gasteiger partial charge < -0.3 is 4.74 Å². The van der Waals surface area contributed by atoms with Crippen LogP contribution in [-0.4, -0.2) is 32.3 Å². The molecule has 0 saturated heterocycles. The Bertz CT molecular complexity index is 828. The number of esters is 1. The lowest BCUT2D eigenvalue weighted by atomic mass is 10.2. The van der Waals surface area contributed by atoms with E-state index in [1.165, 1.54) is 53.1 Å². The number of halogens is 1. The number of sulfonamides is 1. The third kappa shape index (κ3) is 4.24. The Kier molecular flexibility index (Phi) is 6.17. The monoisotopic (exact) mass is 385 g/mol. The van der Waals surface area contributed by atoms with E-state index in [1.54, 1.807) is 12.1 Å². The molecule has 1 aromatic carbocycles. The first kappa shape index (κ1) is 18.7. The standard InChI is InChI=1S/C16H16ClNO4S2/c1-3-10-18(11-13-6-9-15(17)23-13)24(20,21)14-7-4-12(5-8-14)16(19)22-2/h3-9H,1,10-11H2,2H3. The molecule has 0 spiro atoms. The minimum Gasteiger partial charge on any atom is -0.465 e. The van der Waals surface area contributed by atoms with Gasteiger partial charge >= 0.3 is 5.97 Å². The zero-order valence-corrected chi connectivity index (χ0v) is 15.3. The second kappa shape index (κ2) is 7.94. The van der Waals surface area contributed by atoms with Crippen LogP contribution in [0.4, 0.5) is 0 Å². The van der Waals surface area contributed by atoms with Crippen LogP contribution in [0, 0.1) is 0 Å². The average Bonchev–Trinajstić information content (AvgIpc) is 2.99. The summed E-state index contributed by atoms with van der Waals surface area (Å²) in [6, 6.07) is 9.14. The topological polar surface area (TPSA) is 63.7 Å². The fraction of sp³-hybridized carbons (Fsp3) is 0.188. The Labute approximate surface area is 150 Å². The van der Waals surface area contributed by atoms with Crippen molar-refractivity contribution in [2.45, 2.75) is 11.4 Å². The molecule has 5 nitrogen and oxygen atoms in total. The summed E-state index contributed by atoms with van der Waals surface area (Å²) in [7, 11) is -2.46. The number of benzene rings is 1. The van der Waals surface area contributed by atoms with Crippen LogP contribution in [0.5, 0.6) is 0 Å². The number of rotatable bonds is 7. The van der Waals surface area contributed by atoms with E-state index >= 15 is 0 Å². The zero-order chi connectivity index (χ0) is 17.7. The molecule has 0 saturated carbocycles. The number of hydrogen-bond acceptors (Lipinski definition) is 5. The van der Waals surface area contributed by atoms with E-state index in [0.717, 1.165) is 4.88 Å². The van der Waals surface area contributed by atoms with Crippen molar-refractivity contribution in [1.29, 1.82) is 0 Å². The van der Waals surface area contributed by atoms with Crippen molar-refractivity contribution in [2.75, 3.05) is 13.7 Å². The summed E-state index contributed by atoms with van der Waals surface area (Å²) in [6.45, 7) is 3.98. The first-order valence-corrected chi connectivity index (χ1v) is 9.55. The van der Waals surface area contributed by atoms with Gasteiger partial charge in [-0.15, -0.1) is 17.9 Å². The van der Waals surface area contributed by atoms with Crippen molar-refractivity contribution >= 4 is 38.9 Å². The lowest BCUT2D eigenvalue weighted by Gasteiger charge is -2.20. The first-order valence-electron chi connectivity index (χ1n) is 6.92. The van der Waals surface area contributed by atoms with Crippen molar-refractivity contribution in [1.82, 2.24) is 4.31 Å². The predicted octanol–water partition coefficient (Wildman–Crippen LogP) is 3.57. The van der Waals surface area contributed by atoms with Gasteiger partial charge in [0, 0.05) is 18.0 Å². The maximum absolute atomic E-state index is 12.8. The lowest BCUT2D eigenvalue weighted by Crippen LogP contribution is -2.30. The molecule has 1 aromatic heterocycles. The minimum atomic E-state index is -3.73. The van der Waals surface area contributed by atoms with E-state index in [9.17, 15) is 13.2 Å². The van der Waals surface area contributed by atoms with Crippen molar-refractivity contribution in [3.8, 4) is 0 Å². The largest absolute Gasteiger partial charge is 0.465 e. The number of hydrogen-bond donors (Lipinski definition) is 0. The van der Waals surface area contributed by atoms with E-state index in [0.29, 0.717) is 4.34 Å². The van der Waals surface area contributed by atoms with Crippen molar-refractivity contribution in [3.63, 3.8) is 0 Å². The van der Waals surface area contributed by atoms with Gasteiger partial charge in [-0.3, -0.25) is 0 Å². The summed E-state index contributed by atoms with van der Waals surface area (Å²) in [4.78, 5) is 12.4. The van der Waals surface area contributed by atoms with Gasteiger partial charge in [0.1, 0.15) is 0 Å². The van der Waals surface area contributed by atoms with Crippen LogP contribution in [-0.2, 0) is 21.3 Å². The molecule has 128 valence electrons. The molecule has 0 aliphatic heterocycles. The molecule has 2 aromatic rings. The lowest BCUT2D eigenvalue weighted by molar-refractivity contribution is 0.0600. The second-order valence-electron chi connectivity index (χ2n) is 4.81. The molecular formula is C16H16ClNO4S2. The molecule has 0 fully saturated rings. The van der Waals surface area contributed by atoms with Gasteiger partial charge in [-0.05, 0) is 36.4 Å². The summed E-state index contributed by atoms with van der Waals surface area (Å²) in [6.07, 6.45) is 1.52. The molecule has 0 unspecified atom stereocenters. The molecule has 0 bridgehead atoms. The molecule has 8 heteroatoms. The van der Waals surface area contributed by atoms with E-state index in [1.807, 2.05) is 0 Å². The Morgan fingerprint density at radius 3 is 2.46 bits per heavy atom. The van der Waals surface area contributed by atoms with Crippen LogP contribution in [0.25, 0.3) is 0 Å². The Morgan fingerprint density at radius 2 is 1.96 bits per heavy atom. The Balaban J connectivity index is 2.30. The van der Waals surface area contributed by atoms with Crippen LogP contribution >= 0.6 is 22.9 Å². The summed E-state index contributed by atoms with van der Waals surface area (Å²) < 4.78 is 32.1. The van der Waals surface area contributed by atoms with E-state index < -0.39 is 16.0 Å².